The molecule has 0 aromatic carbocycles. The number of rotatable bonds is 2. The third-order valence-corrected chi connectivity index (χ3v) is 2.60. The molecule has 0 aliphatic rings. The summed E-state index contributed by atoms with van der Waals surface area (Å²) >= 11 is 1.67. The SMILES string of the molecule is CCC(C)(C)c1cscn1. The van der Waals surface area contributed by atoms with Gasteiger partial charge in [0.15, 0.2) is 0 Å². The van der Waals surface area contributed by atoms with Crippen molar-refractivity contribution in [2.24, 2.45) is 0 Å². The van der Waals surface area contributed by atoms with Crippen LogP contribution in [-0.4, -0.2) is 4.98 Å². The summed E-state index contributed by atoms with van der Waals surface area (Å²) in [5, 5.41) is 2.13. The van der Waals surface area contributed by atoms with Crippen LogP contribution in [0.3, 0.4) is 0 Å². The number of hydrogen-bond acceptors (Lipinski definition) is 2. The molecule has 0 unspecified atom stereocenters. The number of aromatic nitrogens is 1. The van der Waals surface area contributed by atoms with E-state index in [0.717, 1.165) is 6.42 Å². The molecule has 0 bridgehead atoms. The lowest BCUT2D eigenvalue weighted by molar-refractivity contribution is 0.493. The monoisotopic (exact) mass is 155 g/mol. The highest BCUT2D eigenvalue weighted by Gasteiger charge is 2.19. The van der Waals surface area contributed by atoms with Crippen LogP contribution in [0.4, 0.5) is 0 Å². The molecule has 0 spiro atoms. The van der Waals surface area contributed by atoms with Gasteiger partial charge in [0, 0.05) is 10.8 Å². The van der Waals surface area contributed by atoms with E-state index in [4.69, 9.17) is 0 Å². The molecule has 0 saturated heterocycles. The Morgan fingerprint density at radius 2 is 2.30 bits per heavy atom. The molecule has 1 rings (SSSR count). The molecule has 0 fully saturated rings. The van der Waals surface area contributed by atoms with Crippen LogP contribution in [0.1, 0.15) is 32.9 Å². The van der Waals surface area contributed by atoms with Gasteiger partial charge in [-0.1, -0.05) is 20.8 Å². The van der Waals surface area contributed by atoms with E-state index in [1.807, 2.05) is 5.51 Å². The number of nitrogens with zero attached hydrogens (tertiary/aromatic N) is 1. The van der Waals surface area contributed by atoms with Crippen LogP contribution < -0.4 is 0 Å². The molecule has 0 amide bonds. The molecule has 0 N–H and O–H groups in total. The topological polar surface area (TPSA) is 12.9 Å². The molecule has 0 radical (unpaired) electrons. The standard InChI is InChI=1S/C8H13NS/c1-4-8(2,3)7-5-10-6-9-7/h5-6H,4H2,1-3H3. The van der Waals surface area contributed by atoms with Crippen molar-refractivity contribution in [2.45, 2.75) is 32.6 Å². The zero-order valence-corrected chi connectivity index (χ0v) is 7.53. The average molecular weight is 155 g/mol. The molecule has 1 heterocycles. The molecule has 10 heavy (non-hydrogen) atoms. The minimum absolute atomic E-state index is 0.264. The molecule has 2 heteroatoms. The van der Waals surface area contributed by atoms with E-state index in [-0.39, 0.29) is 5.41 Å². The molecule has 1 aromatic rings. The van der Waals surface area contributed by atoms with Crippen LogP contribution >= 0.6 is 11.3 Å². The van der Waals surface area contributed by atoms with E-state index in [2.05, 4.69) is 31.1 Å². The summed E-state index contributed by atoms with van der Waals surface area (Å²) in [6.45, 7) is 6.64. The Labute approximate surface area is 66.1 Å². The second kappa shape index (κ2) is 2.70. The fraction of sp³-hybridized carbons (Fsp3) is 0.625. The van der Waals surface area contributed by atoms with E-state index in [1.165, 1.54) is 5.69 Å². The summed E-state index contributed by atoms with van der Waals surface area (Å²) in [5.41, 5.74) is 3.38. The quantitative estimate of drug-likeness (QED) is 0.640. The van der Waals surface area contributed by atoms with Crippen molar-refractivity contribution < 1.29 is 0 Å². The maximum atomic E-state index is 4.28. The molecule has 0 saturated carbocycles. The molecule has 1 aromatic heterocycles. The first kappa shape index (κ1) is 7.73. The van der Waals surface area contributed by atoms with Gasteiger partial charge < -0.3 is 0 Å². The molecular weight excluding hydrogens is 142 g/mol. The molecule has 0 atom stereocenters. The van der Waals surface area contributed by atoms with E-state index in [9.17, 15) is 0 Å². The second-order valence-corrected chi connectivity index (χ2v) is 3.83. The van der Waals surface area contributed by atoms with E-state index in [0.29, 0.717) is 0 Å². The number of hydrogen-bond donors (Lipinski definition) is 0. The molecule has 0 aliphatic heterocycles. The van der Waals surface area contributed by atoms with Crippen molar-refractivity contribution in [3.8, 4) is 0 Å². The zero-order chi connectivity index (χ0) is 7.61. The maximum absolute atomic E-state index is 4.28. The third kappa shape index (κ3) is 1.37. The minimum atomic E-state index is 0.264. The van der Waals surface area contributed by atoms with Crippen LogP contribution in [0.15, 0.2) is 10.9 Å². The molecule has 0 aliphatic carbocycles. The summed E-state index contributed by atoms with van der Waals surface area (Å²) < 4.78 is 0. The fourth-order valence-electron chi connectivity index (χ4n) is 0.728. The van der Waals surface area contributed by atoms with Gasteiger partial charge in [0.25, 0.3) is 0 Å². The minimum Gasteiger partial charge on any atom is -0.249 e. The van der Waals surface area contributed by atoms with Crippen molar-refractivity contribution in [3.63, 3.8) is 0 Å². The van der Waals surface area contributed by atoms with Gasteiger partial charge >= 0.3 is 0 Å². The van der Waals surface area contributed by atoms with Crippen molar-refractivity contribution >= 4 is 11.3 Å². The second-order valence-electron chi connectivity index (χ2n) is 3.11. The Morgan fingerprint density at radius 3 is 2.70 bits per heavy atom. The normalized spacial score (nSPS) is 11.9. The van der Waals surface area contributed by atoms with Crippen LogP contribution in [-0.2, 0) is 5.41 Å². The molecule has 1 nitrogen and oxygen atoms in total. The van der Waals surface area contributed by atoms with Gasteiger partial charge in [-0.15, -0.1) is 11.3 Å². The summed E-state index contributed by atoms with van der Waals surface area (Å²) in [7, 11) is 0. The Bertz CT molecular complexity index is 189. The Morgan fingerprint density at radius 1 is 1.60 bits per heavy atom. The van der Waals surface area contributed by atoms with Gasteiger partial charge in [-0.05, 0) is 6.42 Å². The van der Waals surface area contributed by atoms with Crippen molar-refractivity contribution in [1.82, 2.24) is 4.98 Å². The lowest BCUT2D eigenvalue weighted by Crippen LogP contribution is -2.15. The van der Waals surface area contributed by atoms with Gasteiger partial charge in [-0.2, -0.15) is 0 Å². The van der Waals surface area contributed by atoms with Gasteiger partial charge in [0.1, 0.15) is 0 Å². The molecule has 56 valence electrons. The largest absolute Gasteiger partial charge is 0.249 e. The van der Waals surface area contributed by atoms with Gasteiger partial charge in [-0.25, -0.2) is 4.98 Å². The first-order valence-electron chi connectivity index (χ1n) is 3.55. The highest BCUT2D eigenvalue weighted by molar-refractivity contribution is 7.07. The van der Waals surface area contributed by atoms with Gasteiger partial charge in [0.05, 0.1) is 11.2 Å². The summed E-state index contributed by atoms with van der Waals surface area (Å²) in [6, 6.07) is 0. The van der Waals surface area contributed by atoms with Crippen LogP contribution in [0.25, 0.3) is 0 Å². The first-order chi connectivity index (χ1) is 4.67. The van der Waals surface area contributed by atoms with E-state index >= 15 is 0 Å². The average Bonchev–Trinajstić information content (AvgIpc) is 2.38. The lowest BCUT2D eigenvalue weighted by atomic mass is 9.87. The number of thiazole rings is 1. The van der Waals surface area contributed by atoms with Crippen molar-refractivity contribution in [2.75, 3.05) is 0 Å². The predicted molar refractivity (Wildman–Crippen MR) is 45.4 cm³/mol. The van der Waals surface area contributed by atoms with Crippen LogP contribution in [0, 0.1) is 0 Å². The molecular formula is C8H13NS. The van der Waals surface area contributed by atoms with Crippen LogP contribution in [0.2, 0.25) is 0 Å². The van der Waals surface area contributed by atoms with Gasteiger partial charge in [0.2, 0.25) is 0 Å². The first-order valence-corrected chi connectivity index (χ1v) is 4.50. The predicted octanol–water partition coefficient (Wildman–Crippen LogP) is 2.83. The maximum Gasteiger partial charge on any atom is 0.0794 e. The van der Waals surface area contributed by atoms with Crippen molar-refractivity contribution in [3.05, 3.63) is 16.6 Å². The fourth-order valence-corrected chi connectivity index (χ4v) is 1.47. The van der Waals surface area contributed by atoms with E-state index in [1.54, 1.807) is 11.3 Å². The third-order valence-electron chi connectivity index (χ3n) is 2.01. The summed E-state index contributed by atoms with van der Waals surface area (Å²) in [4.78, 5) is 4.28. The summed E-state index contributed by atoms with van der Waals surface area (Å²) in [6.07, 6.45) is 1.15. The Kier molecular flexibility index (Phi) is 2.09. The lowest BCUT2D eigenvalue weighted by Gasteiger charge is -2.19. The van der Waals surface area contributed by atoms with Crippen LogP contribution in [0.5, 0.6) is 0 Å². The summed E-state index contributed by atoms with van der Waals surface area (Å²) in [5.74, 6) is 0. The highest BCUT2D eigenvalue weighted by atomic mass is 32.1. The highest BCUT2D eigenvalue weighted by Crippen LogP contribution is 2.25. The zero-order valence-electron chi connectivity index (χ0n) is 6.72. The Balaban J connectivity index is 2.85. The van der Waals surface area contributed by atoms with Gasteiger partial charge in [-0.3, -0.25) is 0 Å². The van der Waals surface area contributed by atoms with E-state index < -0.39 is 0 Å². The van der Waals surface area contributed by atoms with Crippen molar-refractivity contribution in [1.29, 1.82) is 0 Å². The smallest absolute Gasteiger partial charge is 0.0794 e. The Hall–Kier alpha value is -0.370.